The Kier molecular flexibility index (Phi) is 13.0. The largest absolute Gasteiger partial charge is 0.459 e. The zero-order valence-electron chi connectivity index (χ0n) is 14.6. The van der Waals surface area contributed by atoms with E-state index in [4.69, 9.17) is 4.42 Å². The summed E-state index contributed by atoms with van der Waals surface area (Å²) in [6.07, 6.45) is 8.02. The van der Waals surface area contributed by atoms with E-state index in [0.717, 1.165) is 25.3 Å². The first-order valence-corrected chi connectivity index (χ1v) is 8.03. The number of furan rings is 1. The van der Waals surface area contributed by atoms with E-state index in [0.29, 0.717) is 18.8 Å². The van der Waals surface area contributed by atoms with Crippen LogP contribution in [-0.2, 0) is 0 Å². The molecule has 0 saturated heterocycles. The molecule has 24 heavy (non-hydrogen) atoms. The van der Waals surface area contributed by atoms with Crippen molar-refractivity contribution in [3.63, 3.8) is 0 Å². The minimum absolute atomic E-state index is 0. The molecule has 0 atom stereocenters. The lowest BCUT2D eigenvalue weighted by Gasteiger charge is -2.22. The maximum atomic E-state index is 11.7. The first-order chi connectivity index (χ1) is 11.2. The Morgan fingerprint density at radius 1 is 1.33 bits per heavy atom. The van der Waals surface area contributed by atoms with Crippen molar-refractivity contribution in [3.8, 4) is 0 Å². The summed E-state index contributed by atoms with van der Waals surface area (Å²) in [6.45, 7) is 5.80. The van der Waals surface area contributed by atoms with Crippen LogP contribution in [0.3, 0.4) is 0 Å². The molecule has 1 rings (SSSR count). The molecule has 2 N–H and O–H groups in total. The molecule has 0 bridgehead atoms. The van der Waals surface area contributed by atoms with Gasteiger partial charge in [-0.15, -0.1) is 30.6 Å². The van der Waals surface area contributed by atoms with E-state index in [9.17, 15) is 4.79 Å². The second-order valence-electron chi connectivity index (χ2n) is 5.27. The first kappa shape index (κ1) is 22.5. The van der Waals surface area contributed by atoms with Gasteiger partial charge in [-0.1, -0.05) is 12.5 Å². The van der Waals surface area contributed by atoms with Gasteiger partial charge in [-0.25, -0.2) is 0 Å². The summed E-state index contributed by atoms with van der Waals surface area (Å²) in [6, 6.07) is 3.33. The zero-order valence-corrected chi connectivity index (χ0v) is 16.9. The monoisotopic (exact) mass is 448 g/mol. The highest BCUT2D eigenvalue weighted by atomic mass is 127. The molecule has 1 aromatic rings. The number of halogens is 1. The smallest absolute Gasteiger partial charge is 0.287 e. The van der Waals surface area contributed by atoms with E-state index in [1.165, 1.54) is 19.1 Å². The van der Waals surface area contributed by atoms with Crippen molar-refractivity contribution in [2.24, 2.45) is 4.99 Å². The third-order valence-corrected chi connectivity index (χ3v) is 3.41. The van der Waals surface area contributed by atoms with Gasteiger partial charge in [-0.3, -0.25) is 9.79 Å². The lowest BCUT2D eigenvalue weighted by molar-refractivity contribution is 0.0926. The maximum absolute atomic E-state index is 11.7. The van der Waals surface area contributed by atoms with E-state index in [-0.39, 0.29) is 29.9 Å². The van der Waals surface area contributed by atoms with Gasteiger partial charge in [0, 0.05) is 33.7 Å². The summed E-state index contributed by atoms with van der Waals surface area (Å²) in [7, 11) is 3.78. The Morgan fingerprint density at radius 2 is 2.08 bits per heavy atom. The van der Waals surface area contributed by atoms with Gasteiger partial charge in [0.1, 0.15) is 0 Å². The molecular weight excluding hydrogens is 419 g/mol. The number of nitrogens with zero attached hydrogens (tertiary/aromatic N) is 2. The van der Waals surface area contributed by atoms with E-state index < -0.39 is 0 Å². The predicted octanol–water partition coefficient (Wildman–Crippen LogP) is 2.88. The van der Waals surface area contributed by atoms with Crippen LogP contribution in [0.25, 0.3) is 0 Å². The molecule has 1 heterocycles. The molecule has 0 aliphatic carbocycles. The zero-order chi connectivity index (χ0) is 16.9. The molecule has 0 aromatic carbocycles. The number of rotatable bonds is 10. The molecule has 136 valence electrons. The Bertz CT molecular complexity index is 489. The maximum Gasteiger partial charge on any atom is 0.287 e. The number of amides is 1. The highest BCUT2D eigenvalue weighted by molar-refractivity contribution is 14.0. The van der Waals surface area contributed by atoms with Gasteiger partial charge in [0.2, 0.25) is 0 Å². The van der Waals surface area contributed by atoms with Crippen LogP contribution in [0.4, 0.5) is 0 Å². The van der Waals surface area contributed by atoms with Crippen molar-refractivity contribution < 1.29 is 9.21 Å². The number of hydrogen-bond donors (Lipinski definition) is 2. The van der Waals surface area contributed by atoms with Crippen LogP contribution >= 0.6 is 24.0 Å². The topological polar surface area (TPSA) is 69.9 Å². The standard InChI is InChI=1S/C17H28N4O2.HI/c1-4-5-6-7-8-13-21(3)17(18-2)20-12-11-19-16(22)15-10-9-14-23-15;/h4,9-10,14H,1,5-8,11-13H2,2-3H3,(H,18,20)(H,19,22);1H. The average Bonchev–Trinajstić information content (AvgIpc) is 3.09. The van der Waals surface area contributed by atoms with Crippen LogP contribution in [-0.4, -0.2) is 50.5 Å². The van der Waals surface area contributed by atoms with Crippen molar-refractivity contribution in [2.75, 3.05) is 33.7 Å². The third-order valence-electron chi connectivity index (χ3n) is 3.41. The van der Waals surface area contributed by atoms with Gasteiger partial charge in [-0.2, -0.15) is 0 Å². The van der Waals surface area contributed by atoms with E-state index in [1.807, 2.05) is 13.1 Å². The number of guanidine groups is 1. The number of hydrogen-bond acceptors (Lipinski definition) is 3. The van der Waals surface area contributed by atoms with Crippen LogP contribution in [0.15, 0.2) is 40.5 Å². The van der Waals surface area contributed by atoms with Crippen LogP contribution in [0.2, 0.25) is 0 Å². The molecule has 0 aliphatic heterocycles. The minimum Gasteiger partial charge on any atom is -0.459 e. The average molecular weight is 448 g/mol. The number of unbranched alkanes of at least 4 members (excludes halogenated alkanes) is 3. The first-order valence-electron chi connectivity index (χ1n) is 8.03. The molecule has 0 aliphatic rings. The highest BCUT2D eigenvalue weighted by Crippen LogP contribution is 2.01. The molecule has 1 aromatic heterocycles. The minimum atomic E-state index is -0.206. The van der Waals surface area contributed by atoms with Crippen molar-refractivity contribution in [1.29, 1.82) is 0 Å². The number of nitrogens with one attached hydrogen (secondary N) is 2. The molecular formula is C17H29IN4O2. The van der Waals surface area contributed by atoms with Gasteiger partial charge in [0.25, 0.3) is 5.91 Å². The van der Waals surface area contributed by atoms with Crippen LogP contribution in [0.5, 0.6) is 0 Å². The number of carbonyl (C=O) groups excluding carboxylic acids is 1. The summed E-state index contributed by atoms with van der Waals surface area (Å²) in [5.41, 5.74) is 0. The van der Waals surface area contributed by atoms with E-state index in [2.05, 4.69) is 27.1 Å². The molecule has 7 heteroatoms. The molecule has 0 saturated carbocycles. The fraction of sp³-hybridized carbons (Fsp3) is 0.529. The molecule has 0 radical (unpaired) electrons. The third kappa shape index (κ3) is 8.95. The van der Waals surface area contributed by atoms with Crippen LogP contribution < -0.4 is 10.6 Å². The molecule has 0 fully saturated rings. The predicted molar refractivity (Wildman–Crippen MR) is 109 cm³/mol. The number of allylic oxidation sites excluding steroid dienone is 1. The molecule has 1 amide bonds. The second kappa shape index (κ2) is 13.9. The lowest BCUT2D eigenvalue weighted by Crippen LogP contribution is -2.42. The summed E-state index contributed by atoms with van der Waals surface area (Å²) in [4.78, 5) is 18.1. The van der Waals surface area contributed by atoms with E-state index in [1.54, 1.807) is 19.2 Å². The SMILES string of the molecule is C=CCCCCCN(C)C(=NC)NCCNC(=O)c1ccco1.I. The highest BCUT2D eigenvalue weighted by Gasteiger charge is 2.08. The summed E-state index contributed by atoms with van der Waals surface area (Å²) < 4.78 is 5.03. The molecule has 6 nitrogen and oxygen atoms in total. The molecule has 0 spiro atoms. The fourth-order valence-electron chi connectivity index (χ4n) is 2.15. The van der Waals surface area contributed by atoms with Gasteiger partial charge in [-0.05, 0) is 31.4 Å². The van der Waals surface area contributed by atoms with Crippen LogP contribution in [0.1, 0.15) is 36.2 Å². The van der Waals surface area contributed by atoms with Crippen molar-refractivity contribution >= 4 is 35.8 Å². The second-order valence-corrected chi connectivity index (χ2v) is 5.27. The Balaban J connectivity index is 0.00000529. The Labute approximate surface area is 161 Å². The summed E-state index contributed by atoms with van der Waals surface area (Å²) >= 11 is 0. The Morgan fingerprint density at radius 3 is 2.71 bits per heavy atom. The van der Waals surface area contributed by atoms with Gasteiger partial charge in [0.05, 0.1) is 6.26 Å². The van der Waals surface area contributed by atoms with Gasteiger partial charge >= 0.3 is 0 Å². The van der Waals surface area contributed by atoms with Gasteiger partial charge < -0.3 is 20.0 Å². The normalized spacial score (nSPS) is 10.7. The number of aliphatic imine (C=N–C) groups is 1. The summed E-state index contributed by atoms with van der Waals surface area (Å²) in [5.74, 6) is 0.953. The van der Waals surface area contributed by atoms with Crippen molar-refractivity contribution in [2.45, 2.75) is 25.7 Å². The summed E-state index contributed by atoms with van der Waals surface area (Å²) in [5, 5.41) is 6.03. The fourth-order valence-corrected chi connectivity index (χ4v) is 2.15. The lowest BCUT2D eigenvalue weighted by atomic mass is 10.2. The van der Waals surface area contributed by atoms with Gasteiger partial charge in [0.15, 0.2) is 11.7 Å². The van der Waals surface area contributed by atoms with Crippen LogP contribution in [0, 0.1) is 0 Å². The van der Waals surface area contributed by atoms with E-state index >= 15 is 0 Å². The Hall–Kier alpha value is -1.51. The number of carbonyl (C=O) groups is 1. The molecule has 0 unspecified atom stereocenters. The van der Waals surface area contributed by atoms with Crippen molar-refractivity contribution in [1.82, 2.24) is 15.5 Å². The van der Waals surface area contributed by atoms with Crippen molar-refractivity contribution in [3.05, 3.63) is 36.8 Å². The quantitative estimate of drug-likeness (QED) is 0.190.